The van der Waals surface area contributed by atoms with Crippen LogP contribution < -0.4 is 9.80 Å². The van der Waals surface area contributed by atoms with Crippen molar-refractivity contribution in [3.63, 3.8) is 0 Å². The van der Waals surface area contributed by atoms with Crippen LogP contribution in [-0.4, -0.2) is 36.6 Å². The summed E-state index contributed by atoms with van der Waals surface area (Å²) < 4.78 is 0.746. The van der Waals surface area contributed by atoms with Crippen LogP contribution in [0.2, 0.25) is 4.34 Å². The van der Waals surface area contributed by atoms with E-state index in [0.29, 0.717) is 13.2 Å². The summed E-state index contributed by atoms with van der Waals surface area (Å²) in [4.78, 5) is 30.5. The van der Waals surface area contributed by atoms with Crippen LogP contribution in [0, 0.1) is 6.92 Å². The van der Waals surface area contributed by atoms with Crippen LogP contribution in [0.15, 0.2) is 36.4 Å². The molecule has 0 bridgehead atoms. The molecule has 0 aliphatic carbocycles. The van der Waals surface area contributed by atoms with Crippen molar-refractivity contribution in [1.29, 1.82) is 0 Å². The highest BCUT2D eigenvalue weighted by Crippen LogP contribution is 2.25. The number of carbonyl (C=O) groups is 2. The molecular formula is C18H21ClN3O2S+. The molecule has 3 rings (SSSR count). The minimum Gasteiger partial charge on any atom is -0.315 e. The fourth-order valence-electron chi connectivity index (χ4n) is 2.98. The van der Waals surface area contributed by atoms with Gasteiger partial charge in [-0.15, -0.1) is 11.3 Å². The van der Waals surface area contributed by atoms with Gasteiger partial charge in [0.2, 0.25) is 0 Å². The van der Waals surface area contributed by atoms with Crippen molar-refractivity contribution in [2.24, 2.45) is 0 Å². The quantitative estimate of drug-likeness (QED) is 0.813. The van der Waals surface area contributed by atoms with E-state index in [-0.39, 0.29) is 11.9 Å². The fraction of sp³-hybridized carbons (Fsp3) is 0.333. The number of thiophene rings is 1. The van der Waals surface area contributed by atoms with Gasteiger partial charge >= 0.3 is 6.03 Å². The highest BCUT2D eigenvalue weighted by Gasteiger charge is 2.44. The average Bonchev–Trinajstić information content (AvgIpc) is 3.06. The number of urea groups is 1. The van der Waals surface area contributed by atoms with E-state index in [4.69, 9.17) is 11.6 Å². The first-order chi connectivity index (χ1) is 11.9. The van der Waals surface area contributed by atoms with Crippen molar-refractivity contribution in [3.8, 4) is 0 Å². The summed E-state index contributed by atoms with van der Waals surface area (Å²) in [6.07, 6.45) is 0. The first-order valence-electron chi connectivity index (χ1n) is 8.13. The lowest BCUT2D eigenvalue weighted by atomic mass is 10.2. The number of imide groups is 1. The van der Waals surface area contributed by atoms with Gasteiger partial charge in [-0.1, -0.05) is 29.3 Å². The third-order valence-corrected chi connectivity index (χ3v) is 5.52. The second-order valence-corrected chi connectivity index (χ2v) is 8.23. The largest absolute Gasteiger partial charge is 0.336 e. The number of benzene rings is 1. The second-order valence-electron chi connectivity index (χ2n) is 6.43. The molecule has 1 aliphatic rings. The van der Waals surface area contributed by atoms with Gasteiger partial charge in [0.05, 0.1) is 16.3 Å². The lowest BCUT2D eigenvalue weighted by molar-refractivity contribution is -0.900. The predicted molar refractivity (Wildman–Crippen MR) is 100 cm³/mol. The van der Waals surface area contributed by atoms with E-state index in [1.807, 2.05) is 50.4 Å². The molecule has 1 fully saturated rings. The molecule has 7 heteroatoms. The van der Waals surface area contributed by atoms with Crippen molar-refractivity contribution in [3.05, 3.63) is 51.2 Å². The number of quaternary nitrogens is 1. The number of anilines is 1. The van der Waals surface area contributed by atoms with Crippen LogP contribution in [0.3, 0.4) is 0 Å². The van der Waals surface area contributed by atoms with Crippen molar-refractivity contribution >= 4 is 40.6 Å². The Morgan fingerprint density at radius 2 is 1.84 bits per heavy atom. The highest BCUT2D eigenvalue weighted by molar-refractivity contribution is 7.16. The minimum absolute atomic E-state index is 0.158. The zero-order valence-electron chi connectivity index (χ0n) is 14.5. The van der Waals surface area contributed by atoms with Crippen molar-refractivity contribution in [2.45, 2.75) is 26.4 Å². The highest BCUT2D eigenvalue weighted by atomic mass is 35.5. The number of carbonyl (C=O) groups excluding carboxylic acids is 2. The van der Waals surface area contributed by atoms with Gasteiger partial charge in [-0.3, -0.25) is 9.69 Å². The smallest absolute Gasteiger partial charge is 0.315 e. The maximum atomic E-state index is 12.8. The molecule has 25 heavy (non-hydrogen) atoms. The molecule has 0 spiro atoms. The standard InChI is InChI=1S/C18H20ClN3O2S/c1-12-4-6-14(7-5-12)22-13(2)17(23)21(18(22)24)11-20(3)10-15-8-9-16(19)25-15/h4-9,13H,10-11H2,1-3H3/p+1/t13-/m0/s1. The van der Waals surface area contributed by atoms with Crippen molar-refractivity contribution < 1.29 is 14.5 Å². The molecule has 0 radical (unpaired) electrons. The van der Waals surface area contributed by atoms with Crippen LogP contribution in [0.4, 0.5) is 10.5 Å². The Labute approximate surface area is 156 Å². The molecule has 5 nitrogen and oxygen atoms in total. The number of hydrogen-bond acceptors (Lipinski definition) is 3. The van der Waals surface area contributed by atoms with Crippen LogP contribution in [0.1, 0.15) is 17.4 Å². The maximum Gasteiger partial charge on any atom is 0.336 e. The molecule has 132 valence electrons. The van der Waals surface area contributed by atoms with Crippen LogP contribution >= 0.6 is 22.9 Å². The van der Waals surface area contributed by atoms with E-state index in [1.165, 1.54) is 16.2 Å². The molecular weight excluding hydrogens is 358 g/mol. The summed E-state index contributed by atoms with van der Waals surface area (Å²) in [6, 6.07) is 10.7. The molecule has 1 aromatic carbocycles. The number of halogens is 1. The Morgan fingerprint density at radius 1 is 1.16 bits per heavy atom. The predicted octanol–water partition coefficient (Wildman–Crippen LogP) is 2.54. The number of aryl methyl sites for hydroxylation is 1. The van der Waals surface area contributed by atoms with Crippen LogP contribution in [-0.2, 0) is 11.3 Å². The Kier molecular flexibility index (Phi) is 5.13. The van der Waals surface area contributed by atoms with Gasteiger partial charge in [-0.25, -0.2) is 9.69 Å². The first kappa shape index (κ1) is 17.9. The van der Waals surface area contributed by atoms with Gasteiger partial charge < -0.3 is 4.90 Å². The molecule has 1 N–H and O–H groups in total. The third kappa shape index (κ3) is 3.71. The van der Waals surface area contributed by atoms with Gasteiger partial charge in [0, 0.05) is 5.69 Å². The number of rotatable bonds is 5. The summed E-state index contributed by atoms with van der Waals surface area (Å²) in [5.74, 6) is -0.158. The molecule has 1 unspecified atom stereocenters. The van der Waals surface area contributed by atoms with Gasteiger partial charge in [-0.2, -0.15) is 0 Å². The summed E-state index contributed by atoms with van der Waals surface area (Å²) in [6.45, 7) is 4.81. The summed E-state index contributed by atoms with van der Waals surface area (Å²) in [7, 11) is 1.97. The molecule has 3 amide bonds. The molecule has 1 aliphatic heterocycles. The lowest BCUT2D eigenvalue weighted by Gasteiger charge is -2.21. The number of amides is 3. The van der Waals surface area contributed by atoms with Crippen molar-refractivity contribution in [1.82, 2.24) is 4.90 Å². The van der Waals surface area contributed by atoms with E-state index in [9.17, 15) is 9.59 Å². The molecule has 1 saturated heterocycles. The van der Waals surface area contributed by atoms with E-state index in [0.717, 1.165) is 25.4 Å². The molecule has 2 heterocycles. The monoisotopic (exact) mass is 378 g/mol. The van der Waals surface area contributed by atoms with E-state index in [2.05, 4.69) is 0 Å². The normalized spacial score (nSPS) is 19.0. The van der Waals surface area contributed by atoms with Gasteiger partial charge in [-0.05, 0) is 38.1 Å². The third-order valence-electron chi connectivity index (χ3n) is 4.29. The van der Waals surface area contributed by atoms with E-state index in [1.54, 1.807) is 11.8 Å². The van der Waals surface area contributed by atoms with Gasteiger partial charge in [0.15, 0.2) is 6.67 Å². The van der Waals surface area contributed by atoms with E-state index < -0.39 is 6.04 Å². The zero-order chi connectivity index (χ0) is 18.1. The van der Waals surface area contributed by atoms with Gasteiger partial charge in [0.25, 0.3) is 5.91 Å². The average molecular weight is 379 g/mol. The molecule has 2 atom stereocenters. The molecule has 1 aromatic heterocycles. The van der Waals surface area contributed by atoms with Gasteiger partial charge in [0.1, 0.15) is 12.6 Å². The number of nitrogens with zero attached hydrogens (tertiary/aromatic N) is 2. The minimum atomic E-state index is -0.487. The molecule has 0 saturated carbocycles. The van der Waals surface area contributed by atoms with Crippen molar-refractivity contribution in [2.75, 3.05) is 18.6 Å². The van der Waals surface area contributed by atoms with Crippen LogP contribution in [0.25, 0.3) is 0 Å². The topological polar surface area (TPSA) is 45.1 Å². The number of nitrogens with one attached hydrogen (secondary N) is 1. The number of hydrogen-bond donors (Lipinski definition) is 1. The van der Waals surface area contributed by atoms with E-state index >= 15 is 0 Å². The summed E-state index contributed by atoms with van der Waals surface area (Å²) in [5, 5.41) is 0. The lowest BCUT2D eigenvalue weighted by Crippen LogP contribution is -3.09. The SMILES string of the molecule is Cc1ccc(N2C(=O)N(C[NH+](C)Cc3ccc(Cl)s3)C(=O)[C@@H]2C)cc1. The Balaban J connectivity index is 1.72. The zero-order valence-corrected chi connectivity index (χ0v) is 16.0. The maximum absolute atomic E-state index is 12.8. The Hall–Kier alpha value is -1.89. The second kappa shape index (κ2) is 7.15. The first-order valence-corrected chi connectivity index (χ1v) is 9.33. The van der Waals surface area contributed by atoms with Crippen LogP contribution in [0.5, 0.6) is 0 Å². The summed E-state index contributed by atoms with van der Waals surface area (Å²) in [5.41, 5.74) is 1.87. The summed E-state index contributed by atoms with van der Waals surface area (Å²) >= 11 is 7.48. The fourth-order valence-corrected chi connectivity index (χ4v) is 4.18. The Morgan fingerprint density at radius 3 is 2.44 bits per heavy atom. The Bertz CT molecular complexity index is 790. The molecule has 2 aromatic rings.